The number of hydrogen-bond acceptors (Lipinski definition) is 5. The third kappa shape index (κ3) is 4.04. The molecule has 1 aromatic heterocycles. The predicted molar refractivity (Wildman–Crippen MR) is 111 cm³/mol. The number of aromatic nitrogens is 1. The molecule has 1 aliphatic carbocycles. The predicted octanol–water partition coefficient (Wildman–Crippen LogP) is 4.05. The minimum Gasteiger partial charge on any atom is -0.465 e. The molecular weight excluding hydrogens is 364 g/mol. The third-order valence-corrected chi connectivity index (χ3v) is 5.57. The van der Waals surface area contributed by atoms with E-state index < -0.39 is 11.8 Å². The normalized spacial score (nSPS) is 21.4. The molecule has 2 heterocycles. The lowest BCUT2D eigenvalue weighted by Crippen LogP contribution is -2.37. The summed E-state index contributed by atoms with van der Waals surface area (Å²) < 4.78 is 5.64. The highest BCUT2D eigenvalue weighted by molar-refractivity contribution is 6.08. The molecule has 0 amide bonds. The van der Waals surface area contributed by atoms with Crippen LogP contribution < -0.4 is 0 Å². The van der Waals surface area contributed by atoms with Crippen molar-refractivity contribution in [3.05, 3.63) is 77.3 Å². The minimum atomic E-state index is -0.624. The summed E-state index contributed by atoms with van der Waals surface area (Å²) in [6.07, 6.45) is 4.40. The summed E-state index contributed by atoms with van der Waals surface area (Å²) in [7, 11) is 0. The van der Waals surface area contributed by atoms with E-state index in [9.17, 15) is 9.59 Å². The van der Waals surface area contributed by atoms with Crippen molar-refractivity contribution in [3.63, 3.8) is 0 Å². The number of ketones is 1. The Hall–Kier alpha value is -3.08. The zero-order valence-corrected chi connectivity index (χ0v) is 16.5. The molecule has 0 spiro atoms. The number of esters is 1. The lowest BCUT2D eigenvalue weighted by molar-refractivity contribution is -0.146. The molecule has 5 heteroatoms. The van der Waals surface area contributed by atoms with E-state index in [0.29, 0.717) is 30.7 Å². The number of carbonyl (C=O) groups excluding carboxylic acids is 2. The van der Waals surface area contributed by atoms with Crippen molar-refractivity contribution in [1.82, 2.24) is 4.98 Å². The monoisotopic (exact) mass is 388 g/mol. The smallest absolute Gasteiger partial charge is 0.315 e. The van der Waals surface area contributed by atoms with Crippen LogP contribution in [0.2, 0.25) is 0 Å². The Morgan fingerprint density at radius 3 is 2.66 bits per heavy atom. The van der Waals surface area contributed by atoms with Crippen LogP contribution in [0.15, 0.2) is 71.0 Å². The minimum absolute atomic E-state index is 0.0697. The van der Waals surface area contributed by atoms with E-state index in [-0.39, 0.29) is 11.8 Å². The van der Waals surface area contributed by atoms with Crippen LogP contribution in [0.1, 0.15) is 43.4 Å². The van der Waals surface area contributed by atoms with Crippen LogP contribution in [-0.4, -0.2) is 29.1 Å². The molecule has 2 aromatic rings. The molecule has 0 radical (unpaired) electrons. The fourth-order valence-electron chi connectivity index (χ4n) is 4.20. The van der Waals surface area contributed by atoms with Gasteiger partial charge in [0, 0.05) is 41.7 Å². The molecule has 1 aliphatic heterocycles. The number of Topliss-reactive ketones (excluding diaryl/α,β-unsaturated/α-hetero) is 1. The Bertz CT molecular complexity index is 964. The fourth-order valence-corrected chi connectivity index (χ4v) is 4.20. The zero-order valence-electron chi connectivity index (χ0n) is 16.5. The van der Waals surface area contributed by atoms with E-state index in [4.69, 9.17) is 4.74 Å². The molecule has 0 saturated heterocycles. The van der Waals surface area contributed by atoms with Crippen LogP contribution in [0.25, 0.3) is 0 Å². The van der Waals surface area contributed by atoms with Crippen LogP contribution in [0.4, 0.5) is 0 Å². The van der Waals surface area contributed by atoms with E-state index in [1.54, 1.807) is 6.20 Å². The number of hydrogen-bond donors (Lipinski definition) is 0. The first kappa shape index (κ1) is 19.2. The van der Waals surface area contributed by atoms with Gasteiger partial charge in [-0.3, -0.25) is 19.6 Å². The van der Waals surface area contributed by atoms with Gasteiger partial charge in [0.05, 0.1) is 12.5 Å². The van der Waals surface area contributed by atoms with Gasteiger partial charge in [-0.25, -0.2) is 0 Å². The Morgan fingerprint density at radius 1 is 1.10 bits per heavy atom. The van der Waals surface area contributed by atoms with Gasteiger partial charge in [0.2, 0.25) is 0 Å². The summed E-state index contributed by atoms with van der Waals surface area (Å²) in [5.74, 6) is -1.33. The van der Waals surface area contributed by atoms with Crippen LogP contribution in [0.3, 0.4) is 0 Å². The average Bonchev–Trinajstić information content (AvgIpc) is 2.74. The van der Waals surface area contributed by atoms with E-state index in [1.807, 2.05) is 55.5 Å². The number of carbonyl (C=O) groups is 2. The third-order valence-electron chi connectivity index (χ3n) is 5.57. The standard InChI is InChI=1S/C24H24N2O3/c1-16-21(24(28)29-15-13-17-8-3-2-4-9-17)23(18-10-5-6-14-25-18)22-19(26-16)11-7-12-20(22)27/h2-6,8-10,14,21,23H,7,11-13,15H2,1H3/t21?,23-/m0/s1. The molecule has 0 fully saturated rings. The SMILES string of the molecule is CC1=NC2=C(C(=O)CCC2)[C@@H](c2ccccn2)C1C(=O)OCCc1ccccc1. The van der Waals surface area contributed by atoms with Crippen molar-refractivity contribution in [1.29, 1.82) is 0 Å². The van der Waals surface area contributed by atoms with Gasteiger partial charge in [-0.1, -0.05) is 36.4 Å². The summed E-state index contributed by atoms with van der Waals surface area (Å²) in [6.45, 7) is 2.14. The van der Waals surface area contributed by atoms with E-state index in [1.165, 1.54) is 0 Å². The van der Waals surface area contributed by atoms with E-state index in [2.05, 4.69) is 9.98 Å². The number of rotatable bonds is 5. The van der Waals surface area contributed by atoms with Gasteiger partial charge in [-0.05, 0) is 37.5 Å². The molecule has 5 nitrogen and oxygen atoms in total. The van der Waals surface area contributed by atoms with E-state index in [0.717, 1.165) is 29.8 Å². The number of aliphatic imine (C=N–C) groups is 1. The summed E-state index contributed by atoms with van der Waals surface area (Å²) in [6, 6.07) is 15.5. The van der Waals surface area contributed by atoms with Crippen molar-refractivity contribution >= 4 is 17.5 Å². The molecule has 1 unspecified atom stereocenters. The lowest BCUT2D eigenvalue weighted by atomic mass is 9.73. The first-order valence-electron chi connectivity index (χ1n) is 10.1. The highest BCUT2D eigenvalue weighted by Crippen LogP contribution is 2.42. The maximum Gasteiger partial charge on any atom is 0.315 e. The number of pyridine rings is 1. The molecule has 2 aliphatic rings. The second-order valence-corrected chi connectivity index (χ2v) is 7.50. The van der Waals surface area contributed by atoms with Gasteiger partial charge in [0.1, 0.15) is 5.92 Å². The number of ether oxygens (including phenoxy) is 1. The topological polar surface area (TPSA) is 68.6 Å². The summed E-state index contributed by atoms with van der Waals surface area (Å²) in [5, 5.41) is 0. The Kier molecular flexibility index (Phi) is 5.65. The van der Waals surface area contributed by atoms with Gasteiger partial charge in [0.25, 0.3) is 0 Å². The Morgan fingerprint density at radius 2 is 1.90 bits per heavy atom. The summed E-state index contributed by atoms with van der Waals surface area (Å²) >= 11 is 0. The van der Waals surface area contributed by atoms with E-state index >= 15 is 0 Å². The van der Waals surface area contributed by atoms with Gasteiger partial charge >= 0.3 is 5.97 Å². The highest BCUT2D eigenvalue weighted by Gasteiger charge is 2.43. The second-order valence-electron chi connectivity index (χ2n) is 7.50. The number of benzene rings is 1. The first-order valence-corrected chi connectivity index (χ1v) is 10.1. The lowest BCUT2D eigenvalue weighted by Gasteiger charge is -2.33. The second kappa shape index (κ2) is 8.52. The van der Waals surface area contributed by atoms with Crippen LogP contribution in [-0.2, 0) is 20.7 Å². The van der Waals surface area contributed by atoms with Crippen molar-refractivity contribution < 1.29 is 14.3 Å². The van der Waals surface area contributed by atoms with Crippen molar-refractivity contribution in [2.75, 3.05) is 6.61 Å². The van der Waals surface area contributed by atoms with Crippen molar-refractivity contribution in [2.24, 2.45) is 10.9 Å². The van der Waals surface area contributed by atoms with Crippen LogP contribution in [0, 0.1) is 5.92 Å². The fraction of sp³-hybridized carbons (Fsp3) is 0.333. The summed E-state index contributed by atoms with van der Waals surface area (Å²) in [5.41, 5.74) is 3.98. The maximum absolute atomic E-state index is 13.1. The van der Waals surface area contributed by atoms with Crippen LogP contribution >= 0.6 is 0 Å². The maximum atomic E-state index is 13.1. The average molecular weight is 388 g/mol. The van der Waals surface area contributed by atoms with Gasteiger partial charge in [-0.2, -0.15) is 0 Å². The zero-order chi connectivity index (χ0) is 20.2. The molecule has 148 valence electrons. The Balaban J connectivity index is 1.60. The van der Waals surface area contributed by atoms with Gasteiger partial charge in [0.15, 0.2) is 5.78 Å². The molecular formula is C24H24N2O3. The molecule has 1 aromatic carbocycles. The molecule has 0 bridgehead atoms. The summed E-state index contributed by atoms with van der Waals surface area (Å²) in [4.78, 5) is 35.0. The van der Waals surface area contributed by atoms with Gasteiger partial charge < -0.3 is 4.74 Å². The van der Waals surface area contributed by atoms with Crippen LogP contribution in [0.5, 0.6) is 0 Å². The van der Waals surface area contributed by atoms with Gasteiger partial charge in [-0.15, -0.1) is 0 Å². The molecule has 29 heavy (non-hydrogen) atoms. The van der Waals surface area contributed by atoms with Crippen molar-refractivity contribution in [2.45, 2.75) is 38.5 Å². The quantitative estimate of drug-likeness (QED) is 0.725. The molecule has 0 saturated carbocycles. The highest BCUT2D eigenvalue weighted by atomic mass is 16.5. The molecule has 4 rings (SSSR count). The molecule has 2 atom stereocenters. The Labute approximate surface area is 170 Å². The number of allylic oxidation sites excluding steroid dienone is 2. The first-order chi connectivity index (χ1) is 14.1. The van der Waals surface area contributed by atoms with Crippen molar-refractivity contribution in [3.8, 4) is 0 Å². The number of nitrogens with zero attached hydrogens (tertiary/aromatic N) is 2. The molecule has 0 N–H and O–H groups in total. The largest absolute Gasteiger partial charge is 0.465 e.